The number of unbranched alkanes of at least 4 members (excludes halogenated alkanes) is 26. The minimum absolute atomic E-state index is 0.997. The molecule has 0 fully saturated rings. The fourth-order valence-electron chi connectivity index (χ4n) is 4.90. The van der Waals surface area contributed by atoms with Crippen molar-refractivity contribution < 1.29 is 9.84 Å². The molecule has 0 aliphatic heterocycles. The second kappa shape index (κ2) is 38.5. The monoisotopic (exact) mass is 499 g/mol. The molecule has 0 saturated heterocycles. The van der Waals surface area contributed by atoms with Crippen LogP contribution >= 0.6 is 0 Å². The number of hydrogen-bond donors (Lipinski definition) is 1. The molecule has 0 radical (unpaired) electrons. The van der Waals surface area contributed by atoms with Crippen LogP contribution in [0.15, 0.2) is 0 Å². The van der Waals surface area contributed by atoms with Gasteiger partial charge in [-0.1, -0.05) is 181 Å². The second-order valence-corrected chi connectivity index (χ2v) is 10.8. The summed E-state index contributed by atoms with van der Waals surface area (Å²) < 4.78 is 5.85. The Balaban J connectivity index is 0. The lowest BCUT2D eigenvalue weighted by molar-refractivity contribution is 0.125. The summed E-state index contributed by atoms with van der Waals surface area (Å²) >= 11 is 0. The molecule has 2 heteroatoms. The highest BCUT2D eigenvalue weighted by molar-refractivity contribution is 4.51. The maximum Gasteiger partial charge on any atom is 0.0466 e. The first-order valence-electron chi connectivity index (χ1n) is 16.4. The van der Waals surface area contributed by atoms with Gasteiger partial charge in [0.2, 0.25) is 0 Å². The van der Waals surface area contributed by atoms with E-state index in [4.69, 9.17) is 9.84 Å². The maximum atomic E-state index is 7.00. The predicted molar refractivity (Wildman–Crippen MR) is 160 cm³/mol. The van der Waals surface area contributed by atoms with Gasteiger partial charge in [-0.25, -0.2) is 0 Å². The van der Waals surface area contributed by atoms with Crippen LogP contribution < -0.4 is 0 Å². The molecule has 214 valence electrons. The lowest BCUT2D eigenvalue weighted by atomic mass is 10.0. The van der Waals surface area contributed by atoms with Crippen LogP contribution in [0.1, 0.15) is 194 Å². The summed E-state index contributed by atoms with van der Waals surface area (Å²) in [5, 5.41) is 7.00. The Hall–Kier alpha value is -0.0800. The second-order valence-electron chi connectivity index (χ2n) is 10.8. The van der Waals surface area contributed by atoms with E-state index in [2.05, 4.69) is 13.8 Å². The Morgan fingerprint density at radius 1 is 0.286 bits per heavy atom. The van der Waals surface area contributed by atoms with E-state index < -0.39 is 0 Å². The third kappa shape index (κ3) is 38.6. The van der Waals surface area contributed by atoms with Crippen LogP contribution in [0.5, 0.6) is 0 Å². The molecule has 0 saturated carbocycles. The summed E-state index contributed by atoms with van der Waals surface area (Å²) in [6.45, 7) is 6.59. The minimum atomic E-state index is 0.997. The molecule has 0 aromatic carbocycles. The Morgan fingerprint density at radius 2 is 0.457 bits per heavy atom. The van der Waals surface area contributed by atoms with E-state index in [1.54, 1.807) is 0 Å². The number of ether oxygens (including phenoxy) is 1. The highest BCUT2D eigenvalue weighted by Gasteiger charge is 1.96. The van der Waals surface area contributed by atoms with Gasteiger partial charge in [0.15, 0.2) is 0 Å². The number of aliphatic hydroxyl groups is 1. The molecule has 35 heavy (non-hydrogen) atoms. The molecule has 0 aliphatic rings. The van der Waals surface area contributed by atoms with Crippen molar-refractivity contribution in [1.82, 2.24) is 0 Å². The van der Waals surface area contributed by atoms with Crippen molar-refractivity contribution in [3.05, 3.63) is 0 Å². The number of rotatable bonds is 30. The SMILES string of the molecule is CCCCCCCCCCCCCCCCOCCCCCCCCCCCCCCCC.CO. The van der Waals surface area contributed by atoms with Crippen molar-refractivity contribution in [2.24, 2.45) is 0 Å². The smallest absolute Gasteiger partial charge is 0.0466 e. The highest BCUT2D eigenvalue weighted by Crippen LogP contribution is 2.14. The van der Waals surface area contributed by atoms with Crippen LogP contribution in [0.4, 0.5) is 0 Å². The fourth-order valence-corrected chi connectivity index (χ4v) is 4.90. The van der Waals surface area contributed by atoms with E-state index in [1.165, 1.54) is 180 Å². The standard InChI is InChI=1S/C32H66O.CH4O/c1-3-5-7-9-11-13-15-17-19-21-23-25-27-29-31-33-32-30-28-26-24-22-20-18-16-14-12-10-8-6-4-2;1-2/h3-32H2,1-2H3;2H,1H3. The first kappa shape index (κ1) is 37.1. The molecule has 2 nitrogen and oxygen atoms in total. The van der Waals surface area contributed by atoms with E-state index in [9.17, 15) is 0 Å². The molecule has 0 aliphatic carbocycles. The molecule has 0 aromatic rings. The Kier molecular flexibility index (Phi) is 40.7. The fraction of sp³-hybridized carbons (Fsp3) is 1.00. The molecule has 0 atom stereocenters. The molecule has 1 N–H and O–H groups in total. The van der Waals surface area contributed by atoms with Crippen LogP contribution in [-0.4, -0.2) is 25.4 Å². The summed E-state index contributed by atoms with van der Waals surface area (Å²) in [6.07, 6.45) is 40.1. The normalized spacial score (nSPS) is 11.0. The van der Waals surface area contributed by atoms with E-state index in [-0.39, 0.29) is 0 Å². The lowest BCUT2D eigenvalue weighted by Crippen LogP contribution is -1.97. The van der Waals surface area contributed by atoms with Crippen molar-refractivity contribution in [1.29, 1.82) is 0 Å². The summed E-state index contributed by atoms with van der Waals surface area (Å²) in [6, 6.07) is 0. The van der Waals surface area contributed by atoms with Gasteiger partial charge in [-0.3, -0.25) is 0 Å². The summed E-state index contributed by atoms with van der Waals surface area (Å²) in [5.41, 5.74) is 0. The molecule has 0 heterocycles. The van der Waals surface area contributed by atoms with E-state index >= 15 is 0 Å². The zero-order chi connectivity index (χ0) is 25.9. The Morgan fingerprint density at radius 3 is 0.657 bits per heavy atom. The zero-order valence-corrected chi connectivity index (χ0v) is 25.1. The zero-order valence-electron chi connectivity index (χ0n) is 25.1. The molecular formula is C33H70O2. The summed E-state index contributed by atoms with van der Waals surface area (Å²) in [5.74, 6) is 0. The van der Waals surface area contributed by atoms with Crippen molar-refractivity contribution >= 4 is 0 Å². The average Bonchev–Trinajstić information content (AvgIpc) is 2.89. The first-order valence-corrected chi connectivity index (χ1v) is 16.4. The maximum absolute atomic E-state index is 7.00. The van der Waals surface area contributed by atoms with Crippen LogP contribution in [0.2, 0.25) is 0 Å². The molecule has 0 unspecified atom stereocenters. The van der Waals surface area contributed by atoms with Gasteiger partial charge in [-0.15, -0.1) is 0 Å². The van der Waals surface area contributed by atoms with Crippen molar-refractivity contribution in [3.8, 4) is 0 Å². The summed E-state index contributed by atoms with van der Waals surface area (Å²) in [7, 11) is 1.00. The van der Waals surface area contributed by atoms with Crippen molar-refractivity contribution in [2.75, 3.05) is 20.3 Å². The quantitative estimate of drug-likeness (QED) is 0.0997. The average molecular weight is 499 g/mol. The lowest BCUT2D eigenvalue weighted by Gasteiger charge is -2.05. The molecule has 0 amide bonds. The molecule has 0 bridgehead atoms. The van der Waals surface area contributed by atoms with Gasteiger partial charge in [0.05, 0.1) is 0 Å². The third-order valence-electron chi connectivity index (χ3n) is 7.28. The molecule has 0 spiro atoms. The van der Waals surface area contributed by atoms with Gasteiger partial charge in [0.1, 0.15) is 0 Å². The predicted octanol–water partition coefficient (Wildman–Crippen LogP) is 11.6. The Bertz CT molecular complexity index is 288. The minimum Gasteiger partial charge on any atom is -0.400 e. The van der Waals surface area contributed by atoms with Crippen LogP contribution in [0.25, 0.3) is 0 Å². The first-order chi connectivity index (χ1) is 17.4. The highest BCUT2D eigenvalue weighted by atomic mass is 16.5. The molecule has 0 rings (SSSR count). The summed E-state index contributed by atoms with van der Waals surface area (Å²) in [4.78, 5) is 0. The van der Waals surface area contributed by atoms with Crippen LogP contribution in [0.3, 0.4) is 0 Å². The van der Waals surface area contributed by atoms with Gasteiger partial charge >= 0.3 is 0 Å². The van der Waals surface area contributed by atoms with Gasteiger partial charge in [-0.05, 0) is 12.8 Å². The van der Waals surface area contributed by atoms with Gasteiger partial charge in [0, 0.05) is 20.3 Å². The van der Waals surface area contributed by atoms with Gasteiger partial charge < -0.3 is 9.84 Å². The van der Waals surface area contributed by atoms with Crippen molar-refractivity contribution in [2.45, 2.75) is 194 Å². The third-order valence-corrected chi connectivity index (χ3v) is 7.28. The van der Waals surface area contributed by atoms with Gasteiger partial charge in [-0.2, -0.15) is 0 Å². The topological polar surface area (TPSA) is 29.5 Å². The number of hydrogen-bond acceptors (Lipinski definition) is 2. The Labute approximate surface area is 223 Å². The van der Waals surface area contributed by atoms with E-state index in [1.807, 2.05) is 0 Å². The number of aliphatic hydroxyl groups excluding tert-OH is 1. The van der Waals surface area contributed by atoms with Crippen molar-refractivity contribution in [3.63, 3.8) is 0 Å². The largest absolute Gasteiger partial charge is 0.400 e. The van der Waals surface area contributed by atoms with E-state index in [0.717, 1.165) is 20.3 Å². The van der Waals surface area contributed by atoms with Crippen LogP contribution in [0, 0.1) is 0 Å². The van der Waals surface area contributed by atoms with Crippen LogP contribution in [-0.2, 0) is 4.74 Å². The molecular weight excluding hydrogens is 428 g/mol. The van der Waals surface area contributed by atoms with E-state index in [0.29, 0.717) is 0 Å². The van der Waals surface area contributed by atoms with Gasteiger partial charge in [0.25, 0.3) is 0 Å². The molecule has 0 aromatic heterocycles.